The van der Waals surface area contributed by atoms with Gasteiger partial charge in [0, 0.05) is 36.3 Å². The average molecular weight is 461 g/mol. The highest BCUT2D eigenvalue weighted by molar-refractivity contribution is 9.10. The van der Waals surface area contributed by atoms with Crippen LogP contribution in [0.15, 0.2) is 41.3 Å². The molecule has 0 aromatic carbocycles. The number of imidazole rings is 1. The molecule has 0 bridgehead atoms. The van der Waals surface area contributed by atoms with E-state index in [1.54, 1.807) is 6.20 Å². The maximum Gasteiger partial charge on any atom is 0.217 e. The Morgan fingerprint density at radius 1 is 1.21 bits per heavy atom. The molecule has 2 saturated heterocycles. The predicted octanol–water partition coefficient (Wildman–Crippen LogP) is 3.28. The average Bonchev–Trinajstić information content (AvgIpc) is 3.02. The zero-order chi connectivity index (χ0) is 20.0. The first-order chi connectivity index (χ1) is 14.1. The van der Waals surface area contributed by atoms with E-state index in [9.17, 15) is 4.39 Å². The van der Waals surface area contributed by atoms with Gasteiger partial charge in [0.2, 0.25) is 5.95 Å². The summed E-state index contributed by atoms with van der Waals surface area (Å²) in [4.78, 5) is 13.6. The fourth-order valence-corrected chi connectivity index (χ4v) is 4.45. The first kappa shape index (κ1) is 18.8. The maximum absolute atomic E-state index is 13.9. The van der Waals surface area contributed by atoms with Gasteiger partial charge in [-0.25, -0.2) is 9.97 Å². The van der Waals surface area contributed by atoms with Crippen LogP contribution in [0.3, 0.4) is 0 Å². The largest absolute Gasteiger partial charge is 0.378 e. The molecule has 3 aromatic rings. The highest BCUT2D eigenvalue weighted by Crippen LogP contribution is 2.27. The minimum Gasteiger partial charge on any atom is -0.378 e. The second-order valence-electron chi connectivity index (χ2n) is 7.60. The number of fused-ring (bicyclic) bond motifs is 1. The standard InChI is InChI=1S/C20H22BrFN6O/c1-13-9-26(16-11-29-12-16)4-5-27(13)15-2-3-19(23-7-15)25-17-6-14(21)10-28-18(22)8-24-20(17)28/h2-3,6-8,10,13,16H,4-5,9,11-12H2,1H3,(H,23,25)/t13-/m0/s1. The lowest BCUT2D eigenvalue weighted by atomic mass is 10.1. The van der Waals surface area contributed by atoms with Crippen LogP contribution in [0.4, 0.5) is 21.6 Å². The molecule has 2 aliphatic heterocycles. The van der Waals surface area contributed by atoms with Gasteiger partial charge in [0.15, 0.2) is 5.65 Å². The van der Waals surface area contributed by atoms with Gasteiger partial charge >= 0.3 is 0 Å². The lowest BCUT2D eigenvalue weighted by Crippen LogP contribution is -2.59. The molecule has 9 heteroatoms. The van der Waals surface area contributed by atoms with Crippen molar-refractivity contribution in [2.75, 3.05) is 43.1 Å². The molecule has 152 valence electrons. The van der Waals surface area contributed by atoms with Crippen LogP contribution in [0.1, 0.15) is 6.92 Å². The topological polar surface area (TPSA) is 57.9 Å². The Balaban J connectivity index is 1.31. The number of hydrogen-bond acceptors (Lipinski definition) is 6. The van der Waals surface area contributed by atoms with Crippen LogP contribution in [0.5, 0.6) is 0 Å². The van der Waals surface area contributed by atoms with Gasteiger partial charge in [-0.15, -0.1) is 0 Å². The van der Waals surface area contributed by atoms with E-state index in [0.717, 1.165) is 43.0 Å². The molecule has 0 spiro atoms. The molecule has 0 unspecified atom stereocenters. The van der Waals surface area contributed by atoms with Crippen molar-refractivity contribution in [1.82, 2.24) is 19.3 Å². The van der Waals surface area contributed by atoms with Crippen molar-refractivity contribution in [1.29, 1.82) is 0 Å². The zero-order valence-corrected chi connectivity index (χ0v) is 17.6. The van der Waals surface area contributed by atoms with E-state index in [4.69, 9.17) is 4.74 Å². The summed E-state index contributed by atoms with van der Waals surface area (Å²) in [6.45, 7) is 7.03. The summed E-state index contributed by atoms with van der Waals surface area (Å²) in [5.74, 6) is 0.282. The van der Waals surface area contributed by atoms with Crippen LogP contribution in [-0.4, -0.2) is 64.2 Å². The number of aromatic nitrogens is 3. The summed E-state index contributed by atoms with van der Waals surface area (Å²) in [7, 11) is 0. The summed E-state index contributed by atoms with van der Waals surface area (Å²) < 4.78 is 21.3. The molecule has 0 radical (unpaired) electrons. The molecule has 7 nitrogen and oxygen atoms in total. The third-order valence-corrected chi connectivity index (χ3v) is 6.10. The molecule has 2 aliphatic rings. The number of halogens is 2. The number of ether oxygens (including phenoxy) is 1. The molecule has 1 atom stereocenters. The van der Waals surface area contributed by atoms with Gasteiger partial charge in [0.25, 0.3) is 0 Å². The third kappa shape index (κ3) is 3.58. The van der Waals surface area contributed by atoms with Crippen molar-refractivity contribution in [2.45, 2.75) is 19.0 Å². The lowest BCUT2D eigenvalue weighted by Gasteiger charge is -2.46. The summed E-state index contributed by atoms with van der Waals surface area (Å²) in [6.07, 6.45) is 4.75. The second kappa shape index (κ2) is 7.55. The van der Waals surface area contributed by atoms with E-state index < -0.39 is 5.95 Å². The summed E-state index contributed by atoms with van der Waals surface area (Å²) in [5.41, 5.74) is 2.31. The quantitative estimate of drug-likeness (QED) is 0.644. The van der Waals surface area contributed by atoms with E-state index in [-0.39, 0.29) is 0 Å². The summed E-state index contributed by atoms with van der Waals surface area (Å²) >= 11 is 3.42. The molecule has 0 saturated carbocycles. The first-order valence-corrected chi connectivity index (χ1v) is 10.5. The summed E-state index contributed by atoms with van der Waals surface area (Å²) in [6, 6.07) is 6.89. The fraction of sp³-hybridized carbons (Fsp3) is 0.400. The minimum absolute atomic E-state index is 0.408. The molecule has 1 N–H and O–H groups in total. The Morgan fingerprint density at radius 3 is 2.76 bits per heavy atom. The Kier molecular flexibility index (Phi) is 4.89. The van der Waals surface area contributed by atoms with Gasteiger partial charge in [-0.2, -0.15) is 4.39 Å². The van der Waals surface area contributed by atoms with Gasteiger partial charge in [-0.3, -0.25) is 9.30 Å². The highest BCUT2D eigenvalue weighted by atomic mass is 79.9. The van der Waals surface area contributed by atoms with E-state index in [2.05, 4.69) is 54.0 Å². The van der Waals surface area contributed by atoms with Crippen molar-refractivity contribution in [2.24, 2.45) is 0 Å². The zero-order valence-electron chi connectivity index (χ0n) is 16.1. The molecule has 0 aliphatic carbocycles. The minimum atomic E-state index is -0.408. The molecular formula is C20H22BrFN6O. The van der Waals surface area contributed by atoms with E-state index in [1.807, 2.05) is 18.3 Å². The molecule has 29 heavy (non-hydrogen) atoms. The molecule has 3 aromatic heterocycles. The van der Waals surface area contributed by atoms with Crippen molar-refractivity contribution in [3.8, 4) is 0 Å². The van der Waals surface area contributed by atoms with Crippen LogP contribution in [0.2, 0.25) is 0 Å². The van der Waals surface area contributed by atoms with Crippen molar-refractivity contribution in [3.05, 3.63) is 47.2 Å². The van der Waals surface area contributed by atoms with Crippen molar-refractivity contribution < 1.29 is 9.13 Å². The SMILES string of the molecule is C[C@H]1CN(C2COC2)CCN1c1ccc(Nc2cc(Br)cn3c(F)cnc23)nc1. The van der Waals surface area contributed by atoms with Crippen molar-refractivity contribution in [3.63, 3.8) is 0 Å². The van der Waals surface area contributed by atoms with Gasteiger partial charge in [-0.05, 0) is 41.1 Å². The Bertz CT molecular complexity index is 1020. The lowest BCUT2D eigenvalue weighted by molar-refractivity contribution is -0.0691. The smallest absolute Gasteiger partial charge is 0.217 e. The van der Waals surface area contributed by atoms with Crippen LogP contribution < -0.4 is 10.2 Å². The highest BCUT2D eigenvalue weighted by Gasteiger charge is 2.32. The number of anilines is 3. The Hall–Kier alpha value is -2.23. The summed E-state index contributed by atoms with van der Waals surface area (Å²) in [5, 5.41) is 3.25. The second-order valence-corrected chi connectivity index (χ2v) is 8.52. The fourth-order valence-electron chi connectivity index (χ4n) is 4.02. The number of rotatable bonds is 4. The van der Waals surface area contributed by atoms with Gasteiger partial charge in [0.05, 0.1) is 43.0 Å². The molecular weight excluding hydrogens is 439 g/mol. The first-order valence-electron chi connectivity index (χ1n) is 9.72. The molecule has 0 amide bonds. The number of nitrogens with one attached hydrogen (secondary N) is 1. The molecule has 5 rings (SSSR count). The van der Waals surface area contributed by atoms with Gasteiger partial charge in [0.1, 0.15) is 5.82 Å². The van der Waals surface area contributed by atoms with E-state index in [0.29, 0.717) is 29.2 Å². The maximum atomic E-state index is 13.9. The molecule has 5 heterocycles. The third-order valence-electron chi connectivity index (χ3n) is 5.67. The normalized spacial score (nSPS) is 20.8. The van der Waals surface area contributed by atoms with Crippen LogP contribution in [0, 0.1) is 5.95 Å². The van der Waals surface area contributed by atoms with Gasteiger partial charge < -0.3 is 15.0 Å². The number of nitrogens with zero attached hydrogens (tertiary/aromatic N) is 5. The van der Waals surface area contributed by atoms with Crippen LogP contribution in [-0.2, 0) is 4.74 Å². The number of hydrogen-bond donors (Lipinski definition) is 1. The van der Waals surface area contributed by atoms with E-state index >= 15 is 0 Å². The number of pyridine rings is 2. The van der Waals surface area contributed by atoms with E-state index in [1.165, 1.54) is 10.6 Å². The molecule has 2 fully saturated rings. The van der Waals surface area contributed by atoms with Crippen LogP contribution in [0.25, 0.3) is 5.65 Å². The van der Waals surface area contributed by atoms with Crippen LogP contribution >= 0.6 is 15.9 Å². The number of piperazine rings is 1. The Morgan fingerprint density at radius 2 is 2.07 bits per heavy atom. The monoisotopic (exact) mass is 460 g/mol. The predicted molar refractivity (Wildman–Crippen MR) is 113 cm³/mol. The van der Waals surface area contributed by atoms with Gasteiger partial charge in [-0.1, -0.05) is 0 Å². The van der Waals surface area contributed by atoms with Crippen molar-refractivity contribution >= 4 is 38.8 Å². The Labute approximate surface area is 176 Å².